The molecule has 1 heterocycles. The Bertz CT molecular complexity index is 665. The molecule has 2 rings (SSSR count). The monoisotopic (exact) mass is 275 g/mol. The Balaban J connectivity index is 2.04. The molecule has 1 aromatic heterocycles. The van der Waals surface area contributed by atoms with Crippen LogP contribution in [0.1, 0.15) is 5.56 Å². The average molecular weight is 275 g/mol. The molecule has 104 valence electrons. The Morgan fingerprint density at radius 3 is 2.60 bits per heavy atom. The fraction of sp³-hybridized carbons (Fsp3) is 0.167. The molecular weight excluding hydrogens is 262 g/mol. The number of rotatable bonds is 3. The number of benzene rings is 1. The van der Waals surface area contributed by atoms with Gasteiger partial charge in [0.25, 0.3) is 5.69 Å². The number of carbonyl (C=O) groups is 1. The fourth-order valence-corrected chi connectivity index (χ4v) is 1.72. The SMILES string of the molecule is Cc1cc(NC(=O)Nc2cnn(C)c2)ccc1[N+](=O)[O-]. The lowest BCUT2D eigenvalue weighted by atomic mass is 10.2. The maximum atomic E-state index is 11.7. The molecule has 8 nitrogen and oxygen atoms in total. The molecular formula is C12H13N5O3. The summed E-state index contributed by atoms with van der Waals surface area (Å²) in [6.07, 6.45) is 3.17. The molecule has 0 aliphatic carbocycles. The molecule has 2 N–H and O–H groups in total. The average Bonchev–Trinajstić information content (AvgIpc) is 2.74. The summed E-state index contributed by atoms with van der Waals surface area (Å²) in [4.78, 5) is 22.0. The van der Waals surface area contributed by atoms with Gasteiger partial charge >= 0.3 is 6.03 Å². The number of urea groups is 1. The molecule has 8 heteroatoms. The van der Waals surface area contributed by atoms with Gasteiger partial charge in [-0.25, -0.2) is 4.79 Å². The van der Waals surface area contributed by atoms with E-state index >= 15 is 0 Å². The van der Waals surface area contributed by atoms with Crippen molar-refractivity contribution in [2.24, 2.45) is 7.05 Å². The molecule has 0 unspecified atom stereocenters. The predicted molar refractivity (Wildman–Crippen MR) is 73.7 cm³/mol. The summed E-state index contributed by atoms with van der Waals surface area (Å²) < 4.78 is 1.56. The van der Waals surface area contributed by atoms with Crippen LogP contribution in [0.2, 0.25) is 0 Å². The Morgan fingerprint density at radius 2 is 2.05 bits per heavy atom. The number of carbonyl (C=O) groups excluding carboxylic acids is 1. The Labute approximate surface area is 114 Å². The molecule has 0 saturated heterocycles. The molecule has 1 aromatic carbocycles. The van der Waals surface area contributed by atoms with Crippen LogP contribution in [0.4, 0.5) is 21.9 Å². The first-order chi connectivity index (χ1) is 9.45. The number of aromatic nitrogens is 2. The number of hydrogen-bond donors (Lipinski definition) is 2. The molecule has 0 radical (unpaired) electrons. The van der Waals surface area contributed by atoms with Crippen LogP contribution in [0.25, 0.3) is 0 Å². The minimum Gasteiger partial charge on any atom is -0.308 e. The van der Waals surface area contributed by atoms with E-state index in [4.69, 9.17) is 0 Å². The molecule has 0 spiro atoms. The maximum Gasteiger partial charge on any atom is 0.323 e. The second-order valence-corrected chi connectivity index (χ2v) is 4.24. The lowest BCUT2D eigenvalue weighted by Crippen LogP contribution is -2.19. The zero-order chi connectivity index (χ0) is 14.7. The van der Waals surface area contributed by atoms with E-state index in [1.54, 1.807) is 30.9 Å². The first-order valence-corrected chi connectivity index (χ1v) is 5.77. The topological polar surface area (TPSA) is 102 Å². The normalized spacial score (nSPS) is 10.1. The van der Waals surface area contributed by atoms with Gasteiger partial charge in [0, 0.05) is 30.6 Å². The van der Waals surface area contributed by atoms with Crippen LogP contribution in [-0.4, -0.2) is 20.7 Å². The molecule has 0 aliphatic heterocycles. The standard InChI is InChI=1S/C12H13N5O3/c1-8-5-9(3-4-11(8)17(19)20)14-12(18)15-10-6-13-16(2)7-10/h3-7H,1-2H3,(H2,14,15,18). The van der Waals surface area contributed by atoms with E-state index in [1.165, 1.54) is 18.3 Å². The minimum absolute atomic E-state index is 0.0169. The van der Waals surface area contributed by atoms with Crippen molar-refractivity contribution >= 4 is 23.1 Å². The predicted octanol–water partition coefficient (Wildman–Crippen LogP) is 2.28. The van der Waals surface area contributed by atoms with Crippen molar-refractivity contribution in [3.05, 3.63) is 46.3 Å². The highest BCUT2D eigenvalue weighted by atomic mass is 16.6. The molecule has 0 atom stereocenters. The van der Waals surface area contributed by atoms with Gasteiger partial charge < -0.3 is 10.6 Å². The van der Waals surface area contributed by atoms with Crippen LogP contribution < -0.4 is 10.6 Å². The summed E-state index contributed by atoms with van der Waals surface area (Å²) in [5, 5.41) is 19.8. The van der Waals surface area contributed by atoms with E-state index in [-0.39, 0.29) is 5.69 Å². The van der Waals surface area contributed by atoms with Gasteiger partial charge in [0.05, 0.1) is 16.8 Å². The second kappa shape index (κ2) is 5.39. The van der Waals surface area contributed by atoms with Crippen molar-refractivity contribution in [3.8, 4) is 0 Å². The molecule has 2 aromatic rings. The number of aryl methyl sites for hydroxylation is 2. The maximum absolute atomic E-state index is 11.7. The highest BCUT2D eigenvalue weighted by Crippen LogP contribution is 2.21. The van der Waals surface area contributed by atoms with Crippen molar-refractivity contribution < 1.29 is 9.72 Å². The Morgan fingerprint density at radius 1 is 1.35 bits per heavy atom. The summed E-state index contributed by atoms with van der Waals surface area (Å²) in [6.45, 7) is 1.61. The third-order valence-electron chi connectivity index (χ3n) is 2.61. The van der Waals surface area contributed by atoms with E-state index in [1.807, 2.05) is 0 Å². The Kier molecular flexibility index (Phi) is 3.65. The van der Waals surface area contributed by atoms with Gasteiger partial charge in [0.1, 0.15) is 0 Å². The van der Waals surface area contributed by atoms with Crippen LogP contribution in [0.15, 0.2) is 30.6 Å². The molecule has 20 heavy (non-hydrogen) atoms. The van der Waals surface area contributed by atoms with Crippen LogP contribution in [0, 0.1) is 17.0 Å². The fourth-order valence-electron chi connectivity index (χ4n) is 1.72. The molecule has 0 bridgehead atoms. The number of nitro groups is 1. The molecule has 0 saturated carbocycles. The highest BCUT2D eigenvalue weighted by molar-refractivity contribution is 5.99. The quantitative estimate of drug-likeness (QED) is 0.662. The smallest absolute Gasteiger partial charge is 0.308 e. The largest absolute Gasteiger partial charge is 0.323 e. The summed E-state index contributed by atoms with van der Waals surface area (Å²) in [7, 11) is 1.74. The number of nitrogens with one attached hydrogen (secondary N) is 2. The van der Waals surface area contributed by atoms with E-state index in [2.05, 4.69) is 15.7 Å². The highest BCUT2D eigenvalue weighted by Gasteiger charge is 2.11. The van der Waals surface area contributed by atoms with E-state index in [0.29, 0.717) is 16.9 Å². The van der Waals surface area contributed by atoms with Gasteiger partial charge in [-0.1, -0.05) is 0 Å². The van der Waals surface area contributed by atoms with Crippen molar-refractivity contribution in [3.63, 3.8) is 0 Å². The number of hydrogen-bond acceptors (Lipinski definition) is 4. The number of nitro benzene ring substituents is 1. The second-order valence-electron chi connectivity index (χ2n) is 4.24. The first-order valence-electron chi connectivity index (χ1n) is 5.77. The lowest BCUT2D eigenvalue weighted by molar-refractivity contribution is -0.385. The van der Waals surface area contributed by atoms with Gasteiger partial charge in [-0.05, 0) is 19.1 Å². The third-order valence-corrected chi connectivity index (χ3v) is 2.61. The van der Waals surface area contributed by atoms with Crippen molar-refractivity contribution in [1.82, 2.24) is 9.78 Å². The van der Waals surface area contributed by atoms with Gasteiger partial charge in [-0.2, -0.15) is 5.10 Å². The van der Waals surface area contributed by atoms with Crippen molar-refractivity contribution in [2.45, 2.75) is 6.92 Å². The molecule has 0 aliphatic rings. The van der Waals surface area contributed by atoms with Crippen LogP contribution in [0.3, 0.4) is 0 Å². The number of amides is 2. The molecule has 0 fully saturated rings. The lowest BCUT2D eigenvalue weighted by Gasteiger charge is -2.06. The zero-order valence-corrected chi connectivity index (χ0v) is 11.0. The van der Waals surface area contributed by atoms with Crippen LogP contribution in [-0.2, 0) is 7.05 Å². The van der Waals surface area contributed by atoms with Crippen molar-refractivity contribution in [1.29, 1.82) is 0 Å². The summed E-state index contributed by atoms with van der Waals surface area (Å²) in [5.41, 5.74) is 1.54. The Hall–Kier alpha value is -2.90. The van der Waals surface area contributed by atoms with Gasteiger partial charge in [-0.15, -0.1) is 0 Å². The van der Waals surface area contributed by atoms with E-state index in [9.17, 15) is 14.9 Å². The van der Waals surface area contributed by atoms with Crippen LogP contribution in [0.5, 0.6) is 0 Å². The van der Waals surface area contributed by atoms with E-state index in [0.717, 1.165) is 0 Å². The van der Waals surface area contributed by atoms with Gasteiger partial charge in [0.2, 0.25) is 0 Å². The molecule has 2 amide bonds. The third kappa shape index (κ3) is 3.10. The van der Waals surface area contributed by atoms with Gasteiger partial charge in [0.15, 0.2) is 0 Å². The van der Waals surface area contributed by atoms with Crippen LogP contribution >= 0.6 is 0 Å². The summed E-state index contributed by atoms with van der Waals surface area (Å²) in [6, 6.07) is 3.94. The van der Waals surface area contributed by atoms with E-state index < -0.39 is 11.0 Å². The number of nitrogens with zero attached hydrogens (tertiary/aromatic N) is 3. The minimum atomic E-state index is -0.463. The summed E-state index contributed by atoms with van der Waals surface area (Å²) in [5.74, 6) is 0. The van der Waals surface area contributed by atoms with Gasteiger partial charge in [-0.3, -0.25) is 14.8 Å². The number of anilines is 2. The van der Waals surface area contributed by atoms with Crippen molar-refractivity contribution in [2.75, 3.05) is 10.6 Å². The zero-order valence-electron chi connectivity index (χ0n) is 11.0. The summed E-state index contributed by atoms with van der Waals surface area (Å²) >= 11 is 0. The first kappa shape index (κ1) is 13.5.